The Kier molecular flexibility index (Phi) is 7.26. The number of anilines is 2. The van der Waals surface area contributed by atoms with Crippen LogP contribution in [0.3, 0.4) is 0 Å². The molecule has 1 saturated heterocycles. The van der Waals surface area contributed by atoms with Crippen molar-refractivity contribution in [3.8, 4) is 0 Å². The van der Waals surface area contributed by atoms with Crippen LogP contribution in [0.5, 0.6) is 0 Å². The van der Waals surface area contributed by atoms with Crippen LogP contribution >= 0.6 is 0 Å². The van der Waals surface area contributed by atoms with Crippen LogP contribution in [-0.4, -0.2) is 82.1 Å². The molecule has 1 aliphatic rings. The smallest absolute Gasteiger partial charge is 0.395 e. The van der Waals surface area contributed by atoms with E-state index < -0.39 is 11.7 Å². The van der Waals surface area contributed by atoms with Gasteiger partial charge in [0.2, 0.25) is 5.95 Å². The predicted octanol–water partition coefficient (Wildman–Crippen LogP) is 2.04. The maximum absolute atomic E-state index is 12.8. The van der Waals surface area contributed by atoms with Crippen molar-refractivity contribution >= 4 is 22.9 Å². The van der Waals surface area contributed by atoms with E-state index in [-0.39, 0.29) is 6.61 Å². The van der Waals surface area contributed by atoms with Gasteiger partial charge in [0.1, 0.15) is 0 Å². The summed E-state index contributed by atoms with van der Waals surface area (Å²) in [5.41, 5.74) is 1.06. The highest BCUT2D eigenvalue weighted by Crippen LogP contribution is 2.29. The number of aliphatic hydroxyl groups is 1. The molecule has 33 heavy (non-hydrogen) atoms. The summed E-state index contributed by atoms with van der Waals surface area (Å²) in [5, 5.41) is 15.5. The van der Waals surface area contributed by atoms with Gasteiger partial charge < -0.3 is 25.0 Å². The fraction of sp³-hybridized carbons (Fsp3) is 0.476. The minimum Gasteiger partial charge on any atom is -0.395 e. The first-order chi connectivity index (χ1) is 15.9. The number of halogens is 3. The number of aromatic nitrogens is 4. The number of ether oxygens (including phenoxy) is 1. The van der Waals surface area contributed by atoms with E-state index in [0.717, 1.165) is 45.0 Å². The molecular weight excluding hydrogens is 439 g/mol. The topological polar surface area (TPSA) is 100 Å². The van der Waals surface area contributed by atoms with Gasteiger partial charge in [-0.25, -0.2) is 4.98 Å². The third-order valence-corrected chi connectivity index (χ3v) is 5.32. The standard InChI is InChI=1S/C21H26F3N7O2/c22-21(23,24)16-3-1-15(2-4-16)13-31-14-27-17-18(25-6-10-32)28-20(29-19(17)31)26-5-7-30-8-11-33-12-9-30/h1-4,14,32H,5-13H2,(H2,25,26,28,29). The fourth-order valence-electron chi connectivity index (χ4n) is 3.58. The number of benzene rings is 1. The molecule has 2 aromatic heterocycles. The quantitative estimate of drug-likeness (QED) is 0.442. The van der Waals surface area contributed by atoms with Crippen molar-refractivity contribution in [2.75, 3.05) is 63.2 Å². The summed E-state index contributed by atoms with van der Waals surface area (Å²) in [5.74, 6) is 0.888. The first kappa shape index (κ1) is 23.2. The van der Waals surface area contributed by atoms with Crippen LogP contribution in [-0.2, 0) is 17.5 Å². The van der Waals surface area contributed by atoms with Crippen molar-refractivity contribution in [1.82, 2.24) is 24.4 Å². The zero-order valence-corrected chi connectivity index (χ0v) is 18.0. The summed E-state index contributed by atoms with van der Waals surface area (Å²) in [6.07, 6.45) is -2.79. The van der Waals surface area contributed by atoms with Gasteiger partial charge in [0.25, 0.3) is 0 Å². The fourth-order valence-corrected chi connectivity index (χ4v) is 3.58. The number of nitrogens with zero attached hydrogens (tertiary/aromatic N) is 5. The molecule has 0 bridgehead atoms. The summed E-state index contributed by atoms with van der Waals surface area (Å²) in [6, 6.07) is 5.02. The molecule has 3 heterocycles. The van der Waals surface area contributed by atoms with Crippen LogP contribution < -0.4 is 10.6 Å². The maximum atomic E-state index is 12.8. The number of imidazole rings is 1. The van der Waals surface area contributed by atoms with E-state index in [1.165, 1.54) is 12.1 Å². The highest BCUT2D eigenvalue weighted by Gasteiger charge is 2.30. The summed E-state index contributed by atoms with van der Waals surface area (Å²) in [7, 11) is 0. The van der Waals surface area contributed by atoms with Crippen molar-refractivity contribution in [1.29, 1.82) is 0 Å². The van der Waals surface area contributed by atoms with E-state index in [1.807, 2.05) is 0 Å². The lowest BCUT2D eigenvalue weighted by molar-refractivity contribution is -0.137. The molecule has 3 aromatic rings. The number of hydrogen-bond donors (Lipinski definition) is 3. The third-order valence-electron chi connectivity index (χ3n) is 5.32. The zero-order chi connectivity index (χ0) is 23.3. The van der Waals surface area contributed by atoms with Gasteiger partial charge in [-0.3, -0.25) is 4.90 Å². The van der Waals surface area contributed by atoms with E-state index >= 15 is 0 Å². The predicted molar refractivity (Wildman–Crippen MR) is 117 cm³/mol. The van der Waals surface area contributed by atoms with Gasteiger partial charge in [0.15, 0.2) is 17.0 Å². The van der Waals surface area contributed by atoms with Gasteiger partial charge in [-0.15, -0.1) is 0 Å². The lowest BCUT2D eigenvalue weighted by atomic mass is 10.1. The number of hydrogen-bond acceptors (Lipinski definition) is 8. The van der Waals surface area contributed by atoms with E-state index in [9.17, 15) is 18.3 Å². The number of rotatable bonds is 9. The number of aliphatic hydroxyl groups excluding tert-OH is 1. The molecule has 0 radical (unpaired) electrons. The van der Waals surface area contributed by atoms with Crippen LogP contribution in [0.15, 0.2) is 30.6 Å². The Morgan fingerprint density at radius 1 is 1.03 bits per heavy atom. The molecule has 1 aliphatic heterocycles. The van der Waals surface area contributed by atoms with Gasteiger partial charge in [-0.1, -0.05) is 12.1 Å². The van der Waals surface area contributed by atoms with E-state index in [1.54, 1.807) is 10.9 Å². The minimum atomic E-state index is -4.37. The summed E-state index contributed by atoms with van der Waals surface area (Å²) < 4.78 is 45.7. The molecule has 0 aliphatic carbocycles. The van der Waals surface area contributed by atoms with Gasteiger partial charge in [-0.05, 0) is 17.7 Å². The molecular formula is C21H26F3N7O2. The van der Waals surface area contributed by atoms with Gasteiger partial charge in [0.05, 0.1) is 38.3 Å². The van der Waals surface area contributed by atoms with E-state index in [4.69, 9.17) is 4.74 Å². The number of fused-ring (bicyclic) bond motifs is 1. The third kappa shape index (κ3) is 5.89. The van der Waals surface area contributed by atoms with Crippen molar-refractivity contribution < 1.29 is 23.0 Å². The average Bonchev–Trinajstić information content (AvgIpc) is 3.21. The van der Waals surface area contributed by atoms with E-state index in [0.29, 0.717) is 48.1 Å². The summed E-state index contributed by atoms with van der Waals surface area (Å²) in [6.45, 7) is 5.19. The second-order valence-corrected chi connectivity index (χ2v) is 7.67. The van der Waals surface area contributed by atoms with Crippen molar-refractivity contribution in [3.63, 3.8) is 0 Å². The number of nitrogens with one attached hydrogen (secondary N) is 2. The minimum absolute atomic E-state index is 0.0719. The molecule has 1 aromatic carbocycles. The van der Waals surface area contributed by atoms with Crippen LogP contribution in [0.25, 0.3) is 11.2 Å². The van der Waals surface area contributed by atoms with Crippen molar-refractivity contribution in [2.24, 2.45) is 0 Å². The monoisotopic (exact) mass is 465 g/mol. The molecule has 1 fully saturated rings. The van der Waals surface area contributed by atoms with E-state index in [2.05, 4.69) is 30.5 Å². The Balaban J connectivity index is 1.53. The molecule has 0 unspecified atom stereocenters. The van der Waals surface area contributed by atoms with Crippen LogP contribution in [0.1, 0.15) is 11.1 Å². The number of morpholine rings is 1. The molecule has 0 atom stereocenters. The van der Waals surface area contributed by atoms with Crippen LogP contribution in [0, 0.1) is 0 Å². The molecule has 4 rings (SSSR count). The zero-order valence-electron chi connectivity index (χ0n) is 18.0. The lowest BCUT2D eigenvalue weighted by Gasteiger charge is -2.26. The Bertz CT molecular complexity index is 1050. The first-order valence-corrected chi connectivity index (χ1v) is 10.7. The Labute approximate surface area is 188 Å². The summed E-state index contributed by atoms with van der Waals surface area (Å²) in [4.78, 5) is 15.8. The lowest BCUT2D eigenvalue weighted by Crippen LogP contribution is -2.39. The van der Waals surface area contributed by atoms with Crippen molar-refractivity contribution in [2.45, 2.75) is 12.7 Å². The molecule has 3 N–H and O–H groups in total. The maximum Gasteiger partial charge on any atom is 0.416 e. The first-order valence-electron chi connectivity index (χ1n) is 10.7. The SMILES string of the molecule is OCCNc1nc(NCCN2CCOCC2)nc2c1ncn2Cc1ccc(C(F)(F)F)cc1. The average molecular weight is 465 g/mol. The Morgan fingerprint density at radius 3 is 2.48 bits per heavy atom. The highest BCUT2D eigenvalue weighted by molar-refractivity contribution is 5.84. The molecule has 9 nitrogen and oxygen atoms in total. The van der Waals surface area contributed by atoms with Gasteiger partial charge >= 0.3 is 6.18 Å². The highest BCUT2D eigenvalue weighted by atomic mass is 19.4. The van der Waals surface area contributed by atoms with Crippen molar-refractivity contribution in [3.05, 3.63) is 41.7 Å². The normalized spacial score (nSPS) is 15.2. The molecule has 0 amide bonds. The Hall–Kier alpha value is -2.96. The van der Waals surface area contributed by atoms with Gasteiger partial charge in [-0.2, -0.15) is 23.1 Å². The van der Waals surface area contributed by atoms with Gasteiger partial charge in [0, 0.05) is 32.7 Å². The second-order valence-electron chi connectivity index (χ2n) is 7.67. The van der Waals surface area contributed by atoms with Crippen LogP contribution in [0.2, 0.25) is 0 Å². The number of alkyl halides is 3. The largest absolute Gasteiger partial charge is 0.416 e. The summed E-state index contributed by atoms with van der Waals surface area (Å²) >= 11 is 0. The van der Waals surface area contributed by atoms with Crippen LogP contribution in [0.4, 0.5) is 24.9 Å². The molecule has 0 saturated carbocycles. The Morgan fingerprint density at radius 2 is 1.79 bits per heavy atom. The molecule has 178 valence electrons. The molecule has 0 spiro atoms. The molecule has 12 heteroatoms. The second kappa shape index (κ2) is 10.3.